The Balaban J connectivity index is 1.80. The number of hydrogen-bond acceptors (Lipinski definition) is 2. The van der Waals surface area contributed by atoms with Gasteiger partial charge in [-0.2, -0.15) is 0 Å². The number of carbonyl (C=O) groups excluding carboxylic acids is 1. The maximum atomic E-state index is 11.7. The van der Waals surface area contributed by atoms with Crippen LogP contribution in [0.5, 0.6) is 0 Å². The summed E-state index contributed by atoms with van der Waals surface area (Å²) in [4.78, 5) is 11.7. The van der Waals surface area contributed by atoms with Gasteiger partial charge in [-0.1, -0.05) is 12.8 Å². The molecule has 2 rings (SSSR count). The molecule has 0 aromatic rings. The van der Waals surface area contributed by atoms with Gasteiger partial charge in [0.1, 0.15) is 0 Å². The number of carbonyl (C=O) groups is 1. The first-order chi connectivity index (χ1) is 6.81. The minimum atomic E-state index is 0.279. The van der Waals surface area contributed by atoms with Gasteiger partial charge in [0.25, 0.3) is 0 Å². The van der Waals surface area contributed by atoms with Gasteiger partial charge in [0.15, 0.2) is 0 Å². The Morgan fingerprint density at radius 2 is 1.93 bits per heavy atom. The van der Waals surface area contributed by atoms with E-state index in [0.717, 1.165) is 25.8 Å². The van der Waals surface area contributed by atoms with Crippen LogP contribution in [-0.4, -0.2) is 18.5 Å². The molecule has 80 valence electrons. The highest BCUT2D eigenvalue weighted by molar-refractivity contribution is 5.79. The molecule has 0 aromatic carbocycles. The van der Waals surface area contributed by atoms with E-state index >= 15 is 0 Å². The molecule has 1 amide bonds. The second kappa shape index (κ2) is 4.30. The van der Waals surface area contributed by atoms with Gasteiger partial charge < -0.3 is 11.1 Å². The largest absolute Gasteiger partial charge is 0.353 e. The van der Waals surface area contributed by atoms with E-state index in [2.05, 4.69) is 5.32 Å². The van der Waals surface area contributed by atoms with Crippen LogP contribution in [0, 0.1) is 11.8 Å². The lowest BCUT2D eigenvalue weighted by Crippen LogP contribution is -2.44. The summed E-state index contributed by atoms with van der Waals surface area (Å²) in [5, 5.41) is 3.16. The lowest BCUT2D eigenvalue weighted by molar-refractivity contribution is -0.128. The van der Waals surface area contributed by atoms with E-state index in [1.165, 1.54) is 19.3 Å². The molecule has 0 aromatic heterocycles. The molecule has 2 aliphatic carbocycles. The summed E-state index contributed by atoms with van der Waals surface area (Å²) in [7, 11) is 0. The maximum absolute atomic E-state index is 11.7. The second-order valence-corrected chi connectivity index (χ2v) is 4.67. The zero-order valence-electron chi connectivity index (χ0n) is 8.67. The number of nitrogens with two attached hydrogens (primary N) is 1. The zero-order valence-corrected chi connectivity index (χ0v) is 8.67. The molecule has 2 saturated carbocycles. The van der Waals surface area contributed by atoms with E-state index in [4.69, 9.17) is 5.73 Å². The highest BCUT2D eigenvalue weighted by Gasteiger charge is 2.31. The van der Waals surface area contributed by atoms with Crippen molar-refractivity contribution in [3.05, 3.63) is 0 Å². The van der Waals surface area contributed by atoms with Gasteiger partial charge in [-0.3, -0.25) is 4.79 Å². The number of rotatable bonds is 3. The van der Waals surface area contributed by atoms with Gasteiger partial charge in [0.05, 0.1) is 0 Å². The molecular weight excluding hydrogens is 176 g/mol. The van der Waals surface area contributed by atoms with Crippen LogP contribution in [0.4, 0.5) is 0 Å². The quantitative estimate of drug-likeness (QED) is 0.708. The molecule has 3 heteroatoms. The Labute approximate surface area is 85.4 Å². The predicted octanol–water partition coefficient (Wildman–Crippen LogP) is 1.03. The molecule has 0 saturated heterocycles. The number of hydrogen-bond donors (Lipinski definition) is 2. The zero-order chi connectivity index (χ0) is 9.97. The molecule has 0 heterocycles. The lowest BCUT2D eigenvalue weighted by atomic mass is 9.84. The van der Waals surface area contributed by atoms with Gasteiger partial charge in [0, 0.05) is 12.0 Å². The summed E-state index contributed by atoms with van der Waals surface area (Å²) in [5.41, 5.74) is 5.67. The highest BCUT2D eigenvalue weighted by atomic mass is 16.2. The summed E-state index contributed by atoms with van der Waals surface area (Å²) in [6.45, 7) is 0.718. The minimum Gasteiger partial charge on any atom is -0.353 e. The van der Waals surface area contributed by atoms with Crippen LogP contribution in [0.2, 0.25) is 0 Å². The molecule has 14 heavy (non-hydrogen) atoms. The summed E-state index contributed by atoms with van der Waals surface area (Å²) < 4.78 is 0. The third-order valence-electron chi connectivity index (χ3n) is 3.77. The van der Waals surface area contributed by atoms with Crippen molar-refractivity contribution in [2.24, 2.45) is 17.6 Å². The molecule has 2 atom stereocenters. The van der Waals surface area contributed by atoms with Crippen LogP contribution >= 0.6 is 0 Å². The van der Waals surface area contributed by atoms with Gasteiger partial charge in [-0.15, -0.1) is 0 Å². The average molecular weight is 196 g/mol. The van der Waals surface area contributed by atoms with Crippen molar-refractivity contribution in [1.82, 2.24) is 5.32 Å². The van der Waals surface area contributed by atoms with Crippen LogP contribution in [0.15, 0.2) is 0 Å². The summed E-state index contributed by atoms with van der Waals surface area (Å²) in [6, 6.07) is 0.369. The molecular formula is C11H20N2O. The fourth-order valence-electron chi connectivity index (χ4n) is 2.48. The first kappa shape index (κ1) is 9.97. The Hall–Kier alpha value is -0.570. The van der Waals surface area contributed by atoms with Crippen molar-refractivity contribution in [2.45, 2.75) is 44.6 Å². The smallest absolute Gasteiger partial charge is 0.223 e. The highest BCUT2D eigenvalue weighted by Crippen LogP contribution is 2.29. The van der Waals surface area contributed by atoms with Crippen LogP contribution < -0.4 is 11.1 Å². The van der Waals surface area contributed by atoms with Crippen molar-refractivity contribution in [1.29, 1.82) is 0 Å². The fourth-order valence-corrected chi connectivity index (χ4v) is 2.48. The molecule has 2 unspecified atom stereocenters. The van der Waals surface area contributed by atoms with E-state index in [1.807, 2.05) is 0 Å². The molecule has 0 radical (unpaired) electrons. The summed E-state index contributed by atoms with van der Waals surface area (Å²) in [6.07, 6.45) is 6.94. The van der Waals surface area contributed by atoms with E-state index in [9.17, 15) is 4.79 Å². The van der Waals surface area contributed by atoms with Crippen molar-refractivity contribution >= 4 is 5.91 Å². The maximum Gasteiger partial charge on any atom is 0.223 e. The van der Waals surface area contributed by atoms with Gasteiger partial charge >= 0.3 is 0 Å². The number of nitrogens with one attached hydrogen (secondary N) is 1. The monoisotopic (exact) mass is 196 g/mol. The third-order valence-corrected chi connectivity index (χ3v) is 3.77. The van der Waals surface area contributed by atoms with Crippen LogP contribution in [0.1, 0.15) is 38.5 Å². The lowest BCUT2D eigenvalue weighted by Gasteiger charge is -2.27. The van der Waals surface area contributed by atoms with Gasteiger partial charge in [0.2, 0.25) is 5.91 Å². The van der Waals surface area contributed by atoms with Gasteiger partial charge in [-0.25, -0.2) is 0 Å². The Morgan fingerprint density at radius 1 is 1.21 bits per heavy atom. The Bertz CT molecular complexity index is 213. The molecule has 2 fully saturated rings. The first-order valence-electron chi connectivity index (χ1n) is 5.81. The van der Waals surface area contributed by atoms with Crippen molar-refractivity contribution in [3.8, 4) is 0 Å². The molecule has 3 N–H and O–H groups in total. The first-order valence-corrected chi connectivity index (χ1v) is 5.81. The summed E-state index contributed by atoms with van der Waals surface area (Å²) in [5.74, 6) is 1.12. The standard InChI is InChI=1S/C11H20N2O/c12-7-9-5-2-6-10(9)13-11(14)8-3-1-4-8/h8-10H,1-7,12H2,(H,13,14). The number of amides is 1. The fraction of sp³-hybridized carbons (Fsp3) is 0.909. The average Bonchev–Trinajstić information content (AvgIpc) is 2.48. The SMILES string of the molecule is NCC1CCCC1NC(=O)C1CCC1. The Kier molecular flexibility index (Phi) is 3.06. The van der Waals surface area contributed by atoms with Gasteiger partial charge in [-0.05, 0) is 38.1 Å². The van der Waals surface area contributed by atoms with Crippen LogP contribution in [0.3, 0.4) is 0 Å². The molecule has 3 nitrogen and oxygen atoms in total. The normalized spacial score (nSPS) is 32.6. The molecule has 0 bridgehead atoms. The van der Waals surface area contributed by atoms with E-state index < -0.39 is 0 Å². The second-order valence-electron chi connectivity index (χ2n) is 4.67. The molecule has 0 spiro atoms. The minimum absolute atomic E-state index is 0.279. The van der Waals surface area contributed by atoms with Crippen molar-refractivity contribution < 1.29 is 4.79 Å². The van der Waals surface area contributed by atoms with Crippen molar-refractivity contribution in [2.75, 3.05) is 6.54 Å². The summed E-state index contributed by atoms with van der Waals surface area (Å²) >= 11 is 0. The third kappa shape index (κ3) is 1.92. The van der Waals surface area contributed by atoms with Crippen LogP contribution in [0.25, 0.3) is 0 Å². The topological polar surface area (TPSA) is 55.1 Å². The van der Waals surface area contributed by atoms with E-state index in [0.29, 0.717) is 17.9 Å². The molecule has 0 aliphatic heterocycles. The van der Waals surface area contributed by atoms with E-state index in [-0.39, 0.29) is 5.91 Å². The Morgan fingerprint density at radius 3 is 2.50 bits per heavy atom. The van der Waals surface area contributed by atoms with Crippen LogP contribution in [-0.2, 0) is 4.79 Å². The van der Waals surface area contributed by atoms with E-state index in [1.54, 1.807) is 0 Å². The van der Waals surface area contributed by atoms with Crippen molar-refractivity contribution in [3.63, 3.8) is 0 Å². The predicted molar refractivity (Wildman–Crippen MR) is 55.7 cm³/mol. The molecule has 2 aliphatic rings.